The van der Waals surface area contributed by atoms with Gasteiger partial charge in [0.15, 0.2) is 17.3 Å². The topological polar surface area (TPSA) is 89.8 Å². The first kappa shape index (κ1) is 15.1. The molecule has 0 saturated heterocycles. The van der Waals surface area contributed by atoms with Gasteiger partial charge in [-0.15, -0.1) is 0 Å². The standard InChI is InChI=1S/C18H14N2O5/c21-17(12-5-6-14-15(10-12)24-8-7-23-14)19-20-18(22)16-9-11-3-1-2-4-13(11)25-16/h1-6,9-10H,7-8H2,(H,19,21)(H,20,22). The zero-order chi connectivity index (χ0) is 17.2. The van der Waals surface area contributed by atoms with Gasteiger partial charge in [-0.2, -0.15) is 0 Å². The second kappa shape index (κ2) is 6.20. The van der Waals surface area contributed by atoms with Crippen LogP contribution in [0.3, 0.4) is 0 Å². The van der Waals surface area contributed by atoms with Gasteiger partial charge in [-0.3, -0.25) is 20.4 Å². The van der Waals surface area contributed by atoms with Crippen LogP contribution in [0.4, 0.5) is 0 Å². The number of furan rings is 1. The highest BCUT2D eigenvalue weighted by atomic mass is 16.6. The molecule has 0 bridgehead atoms. The fourth-order valence-electron chi connectivity index (χ4n) is 2.53. The maximum atomic E-state index is 12.2. The van der Waals surface area contributed by atoms with Crippen LogP contribution < -0.4 is 20.3 Å². The zero-order valence-corrected chi connectivity index (χ0v) is 13.1. The molecule has 2 aromatic carbocycles. The lowest BCUT2D eigenvalue weighted by atomic mass is 10.2. The number of nitrogens with one attached hydrogen (secondary N) is 2. The van der Waals surface area contributed by atoms with E-state index >= 15 is 0 Å². The summed E-state index contributed by atoms with van der Waals surface area (Å²) in [5.41, 5.74) is 5.63. The molecule has 126 valence electrons. The maximum Gasteiger partial charge on any atom is 0.305 e. The maximum absolute atomic E-state index is 12.2. The van der Waals surface area contributed by atoms with Gasteiger partial charge in [0.1, 0.15) is 18.8 Å². The summed E-state index contributed by atoms with van der Waals surface area (Å²) in [6, 6.07) is 13.7. The number of carbonyl (C=O) groups is 2. The normalized spacial score (nSPS) is 12.6. The van der Waals surface area contributed by atoms with Gasteiger partial charge in [0.25, 0.3) is 5.91 Å². The summed E-state index contributed by atoms with van der Waals surface area (Å²) < 4.78 is 16.3. The Kier molecular flexibility index (Phi) is 3.74. The lowest BCUT2D eigenvalue weighted by Gasteiger charge is -2.18. The number of fused-ring (bicyclic) bond motifs is 2. The average molecular weight is 338 g/mol. The highest BCUT2D eigenvalue weighted by molar-refractivity contribution is 6.00. The lowest BCUT2D eigenvalue weighted by Crippen LogP contribution is -2.41. The molecule has 25 heavy (non-hydrogen) atoms. The number of amides is 2. The Bertz CT molecular complexity index is 930. The van der Waals surface area contributed by atoms with Crippen LogP contribution in [0.5, 0.6) is 11.5 Å². The van der Waals surface area contributed by atoms with Gasteiger partial charge in [0, 0.05) is 10.9 Å². The van der Waals surface area contributed by atoms with E-state index in [1.54, 1.807) is 30.3 Å². The van der Waals surface area contributed by atoms with Gasteiger partial charge in [-0.25, -0.2) is 0 Å². The van der Waals surface area contributed by atoms with Gasteiger partial charge in [-0.1, -0.05) is 18.2 Å². The predicted octanol–water partition coefficient (Wildman–Crippen LogP) is 2.28. The Hall–Kier alpha value is -3.48. The number of hydrogen-bond donors (Lipinski definition) is 2. The zero-order valence-electron chi connectivity index (χ0n) is 13.1. The van der Waals surface area contributed by atoms with Crippen molar-refractivity contribution in [1.29, 1.82) is 0 Å². The minimum absolute atomic E-state index is 0.115. The van der Waals surface area contributed by atoms with Crippen molar-refractivity contribution in [3.8, 4) is 11.5 Å². The summed E-state index contributed by atoms with van der Waals surface area (Å²) >= 11 is 0. The van der Waals surface area contributed by atoms with Crippen molar-refractivity contribution in [2.45, 2.75) is 0 Å². The molecule has 7 heteroatoms. The number of para-hydroxylation sites is 1. The molecule has 7 nitrogen and oxygen atoms in total. The van der Waals surface area contributed by atoms with E-state index in [0.717, 1.165) is 5.39 Å². The van der Waals surface area contributed by atoms with Crippen molar-refractivity contribution < 1.29 is 23.5 Å². The molecule has 4 rings (SSSR count). The van der Waals surface area contributed by atoms with Crippen LogP contribution >= 0.6 is 0 Å². The number of hydrogen-bond acceptors (Lipinski definition) is 5. The van der Waals surface area contributed by atoms with Crippen molar-refractivity contribution in [3.05, 3.63) is 59.9 Å². The third-order valence-corrected chi connectivity index (χ3v) is 3.74. The van der Waals surface area contributed by atoms with Gasteiger partial charge >= 0.3 is 5.91 Å². The average Bonchev–Trinajstić information content (AvgIpc) is 3.09. The summed E-state index contributed by atoms with van der Waals surface area (Å²) in [5, 5.41) is 0.811. The predicted molar refractivity (Wildman–Crippen MR) is 88.6 cm³/mol. The molecule has 0 atom stereocenters. The first-order chi connectivity index (χ1) is 12.2. The van der Waals surface area contributed by atoms with E-state index < -0.39 is 11.8 Å². The Labute approximate surface area is 142 Å². The Balaban J connectivity index is 1.43. The molecule has 1 aliphatic rings. The van der Waals surface area contributed by atoms with E-state index in [4.69, 9.17) is 13.9 Å². The van der Waals surface area contributed by atoms with E-state index in [1.165, 1.54) is 0 Å². The number of ether oxygens (including phenoxy) is 2. The second-order valence-electron chi connectivity index (χ2n) is 5.42. The highest BCUT2D eigenvalue weighted by Gasteiger charge is 2.17. The van der Waals surface area contributed by atoms with Gasteiger partial charge in [0.2, 0.25) is 0 Å². The van der Waals surface area contributed by atoms with Crippen LogP contribution in [0, 0.1) is 0 Å². The molecule has 0 radical (unpaired) electrons. The first-order valence-corrected chi connectivity index (χ1v) is 7.69. The molecule has 0 saturated carbocycles. The Morgan fingerprint density at radius 2 is 1.60 bits per heavy atom. The molecular formula is C18H14N2O5. The molecule has 1 aliphatic heterocycles. The van der Waals surface area contributed by atoms with Crippen molar-refractivity contribution >= 4 is 22.8 Å². The van der Waals surface area contributed by atoms with E-state index in [1.807, 2.05) is 18.2 Å². The number of carbonyl (C=O) groups excluding carboxylic acids is 2. The summed E-state index contributed by atoms with van der Waals surface area (Å²) in [6.07, 6.45) is 0. The van der Waals surface area contributed by atoms with E-state index in [9.17, 15) is 9.59 Å². The summed E-state index contributed by atoms with van der Waals surface area (Å²) in [4.78, 5) is 24.3. The molecule has 2 heterocycles. The van der Waals surface area contributed by atoms with Gasteiger partial charge < -0.3 is 13.9 Å². The fourth-order valence-corrected chi connectivity index (χ4v) is 2.53. The third kappa shape index (κ3) is 2.99. The Morgan fingerprint density at radius 3 is 2.44 bits per heavy atom. The van der Waals surface area contributed by atoms with Crippen LogP contribution in [-0.2, 0) is 0 Å². The fraction of sp³-hybridized carbons (Fsp3) is 0.111. The number of hydrazine groups is 1. The van der Waals surface area contributed by atoms with Gasteiger partial charge in [-0.05, 0) is 30.3 Å². The van der Waals surface area contributed by atoms with E-state index in [0.29, 0.717) is 35.9 Å². The second-order valence-corrected chi connectivity index (χ2v) is 5.42. The summed E-state index contributed by atoms with van der Waals surface area (Å²) in [7, 11) is 0. The third-order valence-electron chi connectivity index (χ3n) is 3.74. The first-order valence-electron chi connectivity index (χ1n) is 7.69. The van der Waals surface area contributed by atoms with E-state index in [2.05, 4.69) is 10.9 Å². The molecule has 0 fully saturated rings. The van der Waals surface area contributed by atoms with Crippen LogP contribution in [0.1, 0.15) is 20.9 Å². The Morgan fingerprint density at radius 1 is 0.840 bits per heavy atom. The van der Waals surface area contributed by atoms with Crippen LogP contribution in [0.25, 0.3) is 11.0 Å². The smallest absolute Gasteiger partial charge is 0.305 e. The van der Waals surface area contributed by atoms with Crippen LogP contribution in [0.15, 0.2) is 52.9 Å². The molecule has 0 unspecified atom stereocenters. The summed E-state index contributed by atoms with van der Waals surface area (Å²) in [5.74, 6) is 0.198. The molecule has 2 N–H and O–H groups in total. The number of benzene rings is 2. The minimum Gasteiger partial charge on any atom is -0.486 e. The van der Waals surface area contributed by atoms with Crippen LogP contribution in [0.2, 0.25) is 0 Å². The molecule has 2 amide bonds. The molecule has 0 spiro atoms. The molecule has 1 aromatic heterocycles. The minimum atomic E-state index is -0.540. The number of rotatable bonds is 2. The van der Waals surface area contributed by atoms with E-state index in [-0.39, 0.29) is 5.76 Å². The molecule has 0 aliphatic carbocycles. The van der Waals surface area contributed by atoms with Crippen molar-refractivity contribution in [3.63, 3.8) is 0 Å². The van der Waals surface area contributed by atoms with Gasteiger partial charge in [0.05, 0.1) is 0 Å². The van der Waals surface area contributed by atoms with Crippen molar-refractivity contribution in [2.24, 2.45) is 0 Å². The molecule has 3 aromatic rings. The molecular weight excluding hydrogens is 324 g/mol. The van der Waals surface area contributed by atoms with Crippen LogP contribution in [-0.4, -0.2) is 25.0 Å². The van der Waals surface area contributed by atoms with Crippen molar-refractivity contribution in [2.75, 3.05) is 13.2 Å². The monoisotopic (exact) mass is 338 g/mol. The highest BCUT2D eigenvalue weighted by Crippen LogP contribution is 2.30. The largest absolute Gasteiger partial charge is 0.486 e. The lowest BCUT2D eigenvalue weighted by molar-refractivity contribution is 0.0831. The van der Waals surface area contributed by atoms with Crippen molar-refractivity contribution in [1.82, 2.24) is 10.9 Å². The summed E-state index contributed by atoms with van der Waals surface area (Å²) in [6.45, 7) is 0.910. The SMILES string of the molecule is O=C(NNC(=O)c1cc2ccccc2o1)c1ccc2c(c1)OCCO2. The quantitative estimate of drug-likeness (QED) is 0.700.